The van der Waals surface area contributed by atoms with Crippen molar-refractivity contribution in [3.8, 4) is 0 Å². The third-order valence-electron chi connectivity index (χ3n) is 1.35. The Labute approximate surface area is 69.4 Å². The van der Waals surface area contributed by atoms with Gasteiger partial charge < -0.3 is 5.11 Å². The number of aliphatic hydroxyl groups excluding tert-OH is 1. The number of halogens is 2. The lowest BCUT2D eigenvalue weighted by Gasteiger charge is -1.99. The van der Waals surface area contributed by atoms with Gasteiger partial charge in [-0.1, -0.05) is 6.07 Å². The number of aliphatic hydroxyl groups is 1. The van der Waals surface area contributed by atoms with Crippen molar-refractivity contribution >= 4 is 11.6 Å². The highest BCUT2D eigenvalue weighted by atomic mass is 35.5. The van der Waals surface area contributed by atoms with Crippen LogP contribution in [0, 0.1) is 5.82 Å². The maximum atomic E-state index is 12.6. The van der Waals surface area contributed by atoms with Gasteiger partial charge in [0.25, 0.3) is 0 Å². The number of rotatable bonds is 2. The van der Waals surface area contributed by atoms with Crippen molar-refractivity contribution < 1.29 is 9.50 Å². The van der Waals surface area contributed by atoms with E-state index in [1.807, 2.05) is 0 Å². The SMILES string of the molecule is OCc1cc(F)cc(CCl)c1. The molecule has 0 spiro atoms. The van der Waals surface area contributed by atoms with Crippen molar-refractivity contribution in [3.05, 3.63) is 35.1 Å². The first kappa shape index (κ1) is 8.50. The Bertz CT molecular complexity index is 228. The van der Waals surface area contributed by atoms with Crippen LogP contribution in [0.4, 0.5) is 4.39 Å². The third-order valence-corrected chi connectivity index (χ3v) is 1.66. The number of hydrogen-bond donors (Lipinski definition) is 1. The molecule has 1 rings (SSSR count). The Kier molecular flexibility index (Phi) is 2.85. The van der Waals surface area contributed by atoms with Gasteiger partial charge in [0.15, 0.2) is 0 Å². The minimum Gasteiger partial charge on any atom is -0.392 e. The second-order valence-corrected chi connectivity index (χ2v) is 2.53. The molecule has 0 atom stereocenters. The molecule has 0 saturated heterocycles. The number of benzene rings is 1. The lowest BCUT2D eigenvalue weighted by molar-refractivity contribution is 0.281. The summed E-state index contributed by atoms with van der Waals surface area (Å²) in [5, 5.41) is 8.67. The van der Waals surface area contributed by atoms with E-state index in [0.717, 1.165) is 0 Å². The van der Waals surface area contributed by atoms with Crippen LogP contribution in [-0.2, 0) is 12.5 Å². The molecule has 1 aromatic rings. The maximum Gasteiger partial charge on any atom is 0.123 e. The minimum absolute atomic E-state index is 0.151. The highest BCUT2D eigenvalue weighted by molar-refractivity contribution is 6.17. The molecule has 0 unspecified atom stereocenters. The van der Waals surface area contributed by atoms with Crippen molar-refractivity contribution in [2.24, 2.45) is 0 Å². The summed E-state index contributed by atoms with van der Waals surface area (Å²) >= 11 is 5.48. The standard InChI is InChI=1S/C8H8ClFO/c9-4-6-1-7(5-11)3-8(10)2-6/h1-3,11H,4-5H2. The summed E-state index contributed by atoms with van der Waals surface area (Å²) in [7, 11) is 0. The smallest absolute Gasteiger partial charge is 0.123 e. The van der Waals surface area contributed by atoms with E-state index in [0.29, 0.717) is 11.1 Å². The molecule has 3 heteroatoms. The first-order valence-corrected chi connectivity index (χ1v) is 3.75. The Morgan fingerprint density at radius 1 is 1.27 bits per heavy atom. The van der Waals surface area contributed by atoms with E-state index >= 15 is 0 Å². The van der Waals surface area contributed by atoms with Gasteiger partial charge in [-0.3, -0.25) is 0 Å². The fourth-order valence-corrected chi connectivity index (χ4v) is 1.04. The van der Waals surface area contributed by atoms with Crippen LogP contribution in [0.25, 0.3) is 0 Å². The number of hydrogen-bond acceptors (Lipinski definition) is 1. The average Bonchev–Trinajstić information content (AvgIpc) is 2.03. The van der Waals surface area contributed by atoms with Gasteiger partial charge >= 0.3 is 0 Å². The van der Waals surface area contributed by atoms with Crippen LogP contribution in [0.15, 0.2) is 18.2 Å². The lowest BCUT2D eigenvalue weighted by atomic mass is 10.1. The van der Waals surface area contributed by atoms with Gasteiger partial charge in [-0.2, -0.15) is 0 Å². The van der Waals surface area contributed by atoms with Crippen LogP contribution in [0.2, 0.25) is 0 Å². The molecule has 11 heavy (non-hydrogen) atoms. The third kappa shape index (κ3) is 2.17. The molecular formula is C8H8ClFO. The summed E-state index contributed by atoms with van der Waals surface area (Å²) < 4.78 is 12.6. The molecular weight excluding hydrogens is 167 g/mol. The molecule has 0 bridgehead atoms. The Morgan fingerprint density at radius 2 is 1.91 bits per heavy atom. The van der Waals surface area contributed by atoms with E-state index in [2.05, 4.69) is 0 Å². The van der Waals surface area contributed by atoms with Crippen molar-refractivity contribution in [1.82, 2.24) is 0 Å². The van der Waals surface area contributed by atoms with Crippen LogP contribution in [0.3, 0.4) is 0 Å². The zero-order valence-electron chi connectivity index (χ0n) is 5.85. The monoisotopic (exact) mass is 174 g/mol. The van der Waals surface area contributed by atoms with E-state index in [9.17, 15) is 4.39 Å². The molecule has 0 aromatic heterocycles. The predicted octanol–water partition coefficient (Wildman–Crippen LogP) is 2.06. The first-order chi connectivity index (χ1) is 5.26. The van der Waals surface area contributed by atoms with Gasteiger partial charge in [0.2, 0.25) is 0 Å². The molecule has 0 aliphatic heterocycles. The van der Waals surface area contributed by atoms with E-state index in [1.54, 1.807) is 6.07 Å². The Morgan fingerprint density at radius 3 is 2.45 bits per heavy atom. The van der Waals surface area contributed by atoms with Crippen LogP contribution >= 0.6 is 11.6 Å². The molecule has 0 aliphatic carbocycles. The molecule has 0 fully saturated rings. The van der Waals surface area contributed by atoms with Crippen molar-refractivity contribution in [3.63, 3.8) is 0 Å². The minimum atomic E-state index is -0.354. The van der Waals surface area contributed by atoms with E-state index in [4.69, 9.17) is 16.7 Å². The maximum absolute atomic E-state index is 12.6. The molecule has 1 aromatic carbocycles. The fraction of sp³-hybridized carbons (Fsp3) is 0.250. The highest BCUT2D eigenvalue weighted by Gasteiger charge is 1.98. The van der Waals surface area contributed by atoms with Crippen molar-refractivity contribution in [1.29, 1.82) is 0 Å². The topological polar surface area (TPSA) is 20.2 Å². The highest BCUT2D eigenvalue weighted by Crippen LogP contribution is 2.10. The van der Waals surface area contributed by atoms with Crippen LogP contribution in [0.1, 0.15) is 11.1 Å². The number of alkyl halides is 1. The average molecular weight is 175 g/mol. The summed E-state index contributed by atoms with van der Waals surface area (Å²) in [5.41, 5.74) is 1.25. The van der Waals surface area contributed by atoms with Crippen LogP contribution in [0.5, 0.6) is 0 Å². The summed E-state index contributed by atoms with van der Waals surface area (Å²) in [6.07, 6.45) is 0. The van der Waals surface area contributed by atoms with Crippen molar-refractivity contribution in [2.45, 2.75) is 12.5 Å². The summed E-state index contributed by atoms with van der Waals surface area (Å²) in [6, 6.07) is 4.32. The zero-order chi connectivity index (χ0) is 8.27. The molecule has 1 nitrogen and oxygen atoms in total. The molecule has 0 saturated carbocycles. The van der Waals surface area contributed by atoms with E-state index in [1.165, 1.54) is 12.1 Å². The second kappa shape index (κ2) is 3.69. The van der Waals surface area contributed by atoms with Gasteiger partial charge in [0.1, 0.15) is 5.82 Å². The van der Waals surface area contributed by atoms with Crippen LogP contribution < -0.4 is 0 Å². The van der Waals surface area contributed by atoms with Gasteiger partial charge in [-0.05, 0) is 23.3 Å². The Balaban J connectivity index is 3.02. The molecule has 0 aliphatic rings. The molecule has 0 amide bonds. The largest absolute Gasteiger partial charge is 0.392 e. The van der Waals surface area contributed by atoms with Crippen LogP contribution in [-0.4, -0.2) is 5.11 Å². The van der Waals surface area contributed by atoms with Crippen molar-refractivity contribution in [2.75, 3.05) is 0 Å². The van der Waals surface area contributed by atoms with Gasteiger partial charge in [-0.15, -0.1) is 11.6 Å². The van der Waals surface area contributed by atoms with Gasteiger partial charge in [-0.25, -0.2) is 4.39 Å². The molecule has 60 valence electrons. The predicted molar refractivity (Wildman–Crippen MR) is 41.9 cm³/mol. The summed E-state index contributed by atoms with van der Waals surface area (Å²) in [4.78, 5) is 0. The normalized spacial score (nSPS) is 10.1. The van der Waals surface area contributed by atoms with E-state index in [-0.39, 0.29) is 18.3 Å². The Hall–Kier alpha value is -0.600. The summed E-state index contributed by atoms with van der Waals surface area (Å²) in [6.45, 7) is -0.151. The molecule has 0 heterocycles. The zero-order valence-corrected chi connectivity index (χ0v) is 6.61. The van der Waals surface area contributed by atoms with E-state index < -0.39 is 0 Å². The van der Waals surface area contributed by atoms with Gasteiger partial charge in [0, 0.05) is 5.88 Å². The first-order valence-electron chi connectivity index (χ1n) is 3.21. The molecule has 0 radical (unpaired) electrons. The lowest BCUT2D eigenvalue weighted by Crippen LogP contribution is -1.88. The summed E-state index contributed by atoms with van der Waals surface area (Å²) in [5.74, 6) is -0.0858. The fourth-order valence-electron chi connectivity index (χ4n) is 0.886. The second-order valence-electron chi connectivity index (χ2n) is 2.26. The quantitative estimate of drug-likeness (QED) is 0.681. The van der Waals surface area contributed by atoms with Gasteiger partial charge in [0.05, 0.1) is 6.61 Å². The molecule has 1 N–H and O–H groups in total.